The number of aliphatic hydroxyl groups is 2. The van der Waals surface area contributed by atoms with Gasteiger partial charge in [-0.15, -0.1) is 0 Å². The fourth-order valence-corrected chi connectivity index (χ4v) is 13.5. The lowest BCUT2D eigenvalue weighted by Crippen LogP contribution is -2.45. The summed E-state index contributed by atoms with van der Waals surface area (Å²) < 4.78 is 5.52. The quantitative estimate of drug-likeness (QED) is 0.0417. The van der Waals surface area contributed by atoms with Gasteiger partial charge in [0.25, 0.3) is 0 Å². The largest absolute Gasteiger partial charge is 0.466 e. The van der Waals surface area contributed by atoms with Crippen LogP contribution in [0.2, 0.25) is 0 Å². The van der Waals surface area contributed by atoms with Crippen molar-refractivity contribution in [2.75, 3.05) is 13.2 Å². The molecule has 6 heteroatoms. The van der Waals surface area contributed by atoms with Gasteiger partial charge in [0.05, 0.1) is 25.4 Å². The molecule has 6 nitrogen and oxygen atoms in total. The van der Waals surface area contributed by atoms with Crippen molar-refractivity contribution in [2.24, 2.45) is 0 Å². The van der Waals surface area contributed by atoms with Crippen LogP contribution in [0.3, 0.4) is 0 Å². The molecule has 2 atom stereocenters. The molecule has 0 aromatic carbocycles. The summed E-state index contributed by atoms with van der Waals surface area (Å²) in [7, 11) is 0. The Morgan fingerprint density at radius 2 is 0.471 bits per heavy atom. The zero-order valence-electron chi connectivity index (χ0n) is 59.8. The molecule has 0 radical (unpaired) electrons. The Labute approximate surface area is 547 Å². The Morgan fingerprint density at radius 1 is 0.276 bits per heavy atom. The monoisotopic (exact) mass is 1230 g/mol. The lowest BCUT2D eigenvalue weighted by atomic mass is 10.0. The van der Waals surface area contributed by atoms with Crippen molar-refractivity contribution in [3.05, 3.63) is 0 Å². The van der Waals surface area contributed by atoms with Crippen molar-refractivity contribution in [1.82, 2.24) is 5.32 Å². The van der Waals surface area contributed by atoms with E-state index in [1.165, 1.54) is 411 Å². The van der Waals surface area contributed by atoms with E-state index in [0.717, 1.165) is 38.5 Å². The maximum atomic E-state index is 12.5. The predicted molar refractivity (Wildman–Crippen MR) is 384 cm³/mol. The lowest BCUT2D eigenvalue weighted by Gasteiger charge is -2.22. The van der Waals surface area contributed by atoms with Gasteiger partial charge in [-0.05, 0) is 25.7 Å². The van der Waals surface area contributed by atoms with Gasteiger partial charge in [-0.1, -0.05) is 444 Å². The lowest BCUT2D eigenvalue weighted by molar-refractivity contribution is -0.143. The number of hydrogen-bond acceptors (Lipinski definition) is 5. The number of rotatable bonds is 78. The third-order valence-electron chi connectivity index (χ3n) is 19.7. The van der Waals surface area contributed by atoms with Crippen molar-refractivity contribution in [2.45, 2.75) is 495 Å². The average molecular weight is 1230 g/mol. The van der Waals surface area contributed by atoms with Crippen LogP contribution in [0.1, 0.15) is 483 Å². The van der Waals surface area contributed by atoms with Crippen LogP contribution in [0.5, 0.6) is 0 Å². The Morgan fingerprint density at radius 3 is 0.701 bits per heavy atom. The molecule has 0 saturated carbocycles. The molecule has 1 amide bonds. The molecule has 0 saturated heterocycles. The molecule has 0 aromatic heterocycles. The van der Waals surface area contributed by atoms with Crippen LogP contribution in [0, 0.1) is 0 Å². The van der Waals surface area contributed by atoms with E-state index in [1.54, 1.807) is 0 Å². The van der Waals surface area contributed by atoms with Crippen LogP contribution in [0.4, 0.5) is 0 Å². The van der Waals surface area contributed by atoms with Gasteiger partial charge in [0, 0.05) is 12.8 Å². The second-order valence-electron chi connectivity index (χ2n) is 28.5. The van der Waals surface area contributed by atoms with Gasteiger partial charge in [0.15, 0.2) is 0 Å². The van der Waals surface area contributed by atoms with Gasteiger partial charge in [-0.25, -0.2) is 0 Å². The van der Waals surface area contributed by atoms with Crippen LogP contribution < -0.4 is 5.32 Å². The standard InChI is InChI=1S/C81H161NO5/c1-3-5-7-9-11-13-15-17-19-21-43-47-51-55-59-63-67-71-75-81(86)87-76-72-68-64-60-56-52-48-44-40-38-36-34-32-30-28-26-24-22-23-25-27-29-31-33-35-37-39-42-46-50-54-58-62-66-70-74-80(85)82-78(77-83)79(84)73-69-65-61-57-53-49-45-41-20-18-16-14-12-10-8-6-4-2/h78-79,83-84H,3-77H2,1-2H3,(H,82,85). The van der Waals surface area contributed by atoms with Crippen LogP contribution >= 0.6 is 0 Å². The third-order valence-corrected chi connectivity index (χ3v) is 19.7. The first-order valence-corrected chi connectivity index (χ1v) is 40.8. The second-order valence-corrected chi connectivity index (χ2v) is 28.5. The molecule has 87 heavy (non-hydrogen) atoms. The molecule has 520 valence electrons. The fourth-order valence-electron chi connectivity index (χ4n) is 13.5. The molecular weight excluding hydrogens is 1070 g/mol. The minimum atomic E-state index is -0.660. The molecule has 0 rings (SSSR count). The summed E-state index contributed by atoms with van der Waals surface area (Å²) in [5.41, 5.74) is 0. The first-order chi connectivity index (χ1) is 43.0. The van der Waals surface area contributed by atoms with Crippen molar-refractivity contribution in [1.29, 1.82) is 0 Å². The Balaban J connectivity index is 3.28. The van der Waals surface area contributed by atoms with Crippen LogP contribution in [-0.2, 0) is 14.3 Å². The zero-order chi connectivity index (χ0) is 62.8. The molecule has 0 aliphatic carbocycles. The van der Waals surface area contributed by atoms with E-state index >= 15 is 0 Å². The van der Waals surface area contributed by atoms with Crippen molar-refractivity contribution < 1.29 is 24.5 Å². The number of aliphatic hydroxyl groups excluding tert-OH is 2. The molecule has 0 aromatic rings. The van der Waals surface area contributed by atoms with E-state index in [-0.39, 0.29) is 18.5 Å². The van der Waals surface area contributed by atoms with Gasteiger partial charge in [0.1, 0.15) is 0 Å². The van der Waals surface area contributed by atoms with Gasteiger partial charge in [-0.2, -0.15) is 0 Å². The van der Waals surface area contributed by atoms with E-state index < -0.39 is 12.1 Å². The van der Waals surface area contributed by atoms with E-state index in [1.807, 2.05) is 0 Å². The van der Waals surface area contributed by atoms with Crippen LogP contribution in [-0.4, -0.2) is 47.4 Å². The molecule has 0 fully saturated rings. The number of unbranched alkanes of at least 4 members (excludes halogenated alkanes) is 67. The van der Waals surface area contributed by atoms with Crippen molar-refractivity contribution >= 4 is 11.9 Å². The van der Waals surface area contributed by atoms with Gasteiger partial charge in [0.2, 0.25) is 5.91 Å². The van der Waals surface area contributed by atoms with Crippen molar-refractivity contribution in [3.8, 4) is 0 Å². The van der Waals surface area contributed by atoms with E-state index in [2.05, 4.69) is 19.2 Å². The van der Waals surface area contributed by atoms with Crippen LogP contribution in [0.15, 0.2) is 0 Å². The Kier molecular flexibility index (Phi) is 76.3. The number of esters is 1. The minimum absolute atomic E-state index is 0.0245. The van der Waals surface area contributed by atoms with Gasteiger partial charge in [-0.3, -0.25) is 9.59 Å². The number of hydrogen-bond donors (Lipinski definition) is 3. The van der Waals surface area contributed by atoms with E-state index in [4.69, 9.17) is 4.74 Å². The molecule has 2 unspecified atom stereocenters. The number of amides is 1. The molecule has 0 spiro atoms. The maximum absolute atomic E-state index is 12.5. The highest BCUT2D eigenvalue weighted by Gasteiger charge is 2.20. The highest BCUT2D eigenvalue weighted by molar-refractivity contribution is 5.76. The summed E-state index contributed by atoms with van der Waals surface area (Å²) in [6.07, 6.45) is 96.4. The second kappa shape index (κ2) is 77.3. The minimum Gasteiger partial charge on any atom is -0.466 e. The third kappa shape index (κ3) is 73.8. The molecule has 0 bridgehead atoms. The number of nitrogens with one attached hydrogen (secondary N) is 1. The van der Waals surface area contributed by atoms with Gasteiger partial charge < -0.3 is 20.3 Å². The summed E-state index contributed by atoms with van der Waals surface area (Å²) in [5.74, 6) is 0.00403. The normalized spacial score (nSPS) is 12.4. The highest BCUT2D eigenvalue weighted by atomic mass is 16.5. The number of carbonyl (C=O) groups excluding carboxylic acids is 2. The molecule has 0 heterocycles. The Hall–Kier alpha value is -1.14. The van der Waals surface area contributed by atoms with Gasteiger partial charge >= 0.3 is 5.97 Å². The summed E-state index contributed by atoms with van der Waals surface area (Å²) in [5, 5.41) is 23.4. The molecule has 0 aliphatic rings. The zero-order valence-corrected chi connectivity index (χ0v) is 59.8. The molecule has 3 N–H and O–H groups in total. The summed E-state index contributed by atoms with van der Waals surface area (Å²) in [6.45, 7) is 5.02. The number of carbonyl (C=O) groups is 2. The molecular formula is C81H161NO5. The number of ether oxygens (including phenoxy) is 1. The fraction of sp³-hybridized carbons (Fsp3) is 0.975. The van der Waals surface area contributed by atoms with E-state index in [9.17, 15) is 19.8 Å². The van der Waals surface area contributed by atoms with E-state index in [0.29, 0.717) is 25.9 Å². The predicted octanol–water partition coefficient (Wildman–Crippen LogP) is 26.9. The summed E-state index contributed by atoms with van der Waals surface area (Å²) in [4.78, 5) is 24.7. The first kappa shape index (κ1) is 85.9. The topological polar surface area (TPSA) is 95.9 Å². The van der Waals surface area contributed by atoms with Crippen molar-refractivity contribution in [3.63, 3.8) is 0 Å². The van der Waals surface area contributed by atoms with Crippen LogP contribution in [0.25, 0.3) is 0 Å². The first-order valence-electron chi connectivity index (χ1n) is 40.8. The highest BCUT2D eigenvalue weighted by Crippen LogP contribution is 2.21. The molecule has 0 aliphatic heterocycles. The smallest absolute Gasteiger partial charge is 0.305 e. The maximum Gasteiger partial charge on any atom is 0.305 e. The summed E-state index contributed by atoms with van der Waals surface area (Å²) >= 11 is 0. The summed E-state index contributed by atoms with van der Waals surface area (Å²) in [6, 6.07) is -0.537. The Bertz CT molecular complexity index is 1280. The average Bonchev–Trinajstić information content (AvgIpc) is 3.53. The SMILES string of the molecule is CCCCCCCCCCCCCCCCCCCCC(=O)OCCCCCCCCCCCCCCCCCCCCCCCCCCCCCCCCCCCCCC(=O)NC(CO)C(O)CCCCCCCCCCCCCCCCCCC.